The number of hydrogen-bond donors (Lipinski definition) is 1. The van der Waals surface area contributed by atoms with Crippen LogP contribution < -0.4 is 5.73 Å². The zero-order valence-electron chi connectivity index (χ0n) is 8.00. The Morgan fingerprint density at radius 2 is 1.93 bits per heavy atom. The largest absolute Gasteiger partial charge is 0.324 e. The molecule has 0 aliphatic rings. The molecule has 0 unspecified atom stereocenters. The van der Waals surface area contributed by atoms with Gasteiger partial charge in [0.15, 0.2) is 0 Å². The van der Waals surface area contributed by atoms with E-state index in [1.165, 1.54) is 16.3 Å². The first kappa shape index (κ1) is 9.69. The number of rotatable bonds is 1. The quantitative estimate of drug-likeness (QED) is 0.821. The minimum atomic E-state index is 0.0670. The lowest BCUT2D eigenvalue weighted by molar-refractivity contribution is 0.826. The van der Waals surface area contributed by atoms with Crippen molar-refractivity contribution in [3.63, 3.8) is 0 Å². The molecule has 0 amide bonds. The molecule has 0 aromatic heterocycles. The maximum Gasteiger partial charge on any atom is 0.0272 e. The standard InChI is InChI=1S/C12H12BrN/c1-8(14)12-7-10(13)6-9-4-2-3-5-11(9)12/h2-8H,14H2,1H3/t8-/m1/s1. The van der Waals surface area contributed by atoms with E-state index in [0.29, 0.717) is 0 Å². The monoisotopic (exact) mass is 249 g/mol. The van der Waals surface area contributed by atoms with Gasteiger partial charge in [-0.05, 0) is 35.4 Å². The fourth-order valence-electron chi connectivity index (χ4n) is 1.68. The van der Waals surface area contributed by atoms with Gasteiger partial charge in [-0.2, -0.15) is 0 Å². The van der Waals surface area contributed by atoms with Gasteiger partial charge >= 0.3 is 0 Å². The summed E-state index contributed by atoms with van der Waals surface area (Å²) in [5, 5.41) is 2.47. The number of fused-ring (bicyclic) bond motifs is 1. The molecule has 0 aliphatic carbocycles. The van der Waals surface area contributed by atoms with Gasteiger partial charge in [0.2, 0.25) is 0 Å². The first-order chi connectivity index (χ1) is 6.68. The topological polar surface area (TPSA) is 26.0 Å². The zero-order valence-corrected chi connectivity index (χ0v) is 9.58. The van der Waals surface area contributed by atoms with Gasteiger partial charge in [0.25, 0.3) is 0 Å². The molecule has 0 saturated heterocycles. The van der Waals surface area contributed by atoms with E-state index >= 15 is 0 Å². The third-order valence-electron chi connectivity index (χ3n) is 2.35. The smallest absolute Gasteiger partial charge is 0.0272 e. The molecule has 0 aliphatic heterocycles. The van der Waals surface area contributed by atoms with E-state index in [4.69, 9.17) is 5.73 Å². The normalized spacial score (nSPS) is 13.1. The second-order valence-electron chi connectivity index (χ2n) is 3.50. The molecule has 0 saturated carbocycles. The Morgan fingerprint density at radius 3 is 2.64 bits per heavy atom. The van der Waals surface area contributed by atoms with Gasteiger partial charge in [-0.15, -0.1) is 0 Å². The van der Waals surface area contributed by atoms with Crippen LogP contribution >= 0.6 is 15.9 Å². The molecule has 2 aromatic rings. The van der Waals surface area contributed by atoms with Crippen LogP contribution in [0.25, 0.3) is 10.8 Å². The van der Waals surface area contributed by atoms with Gasteiger partial charge in [-0.1, -0.05) is 40.2 Å². The van der Waals surface area contributed by atoms with Crippen LogP contribution in [-0.2, 0) is 0 Å². The summed E-state index contributed by atoms with van der Waals surface area (Å²) >= 11 is 3.50. The average Bonchev–Trinajstić information content (AvgIpc) is 2.16. The van der Waals surface area contributed by atoms with Crippen LogP contribution in [0.5, 0.6) is 0 Å². The molecule has 2 rings (SSSR count). The summed E-state index contributed by atoms with van der Waals surface area (Å²) in [6.07, 6.45) is 0. The summed E-state index contributed by atoms with van der Waals surface area (Å²) in [7, 11) is 0. The van der Waals surface area contributed by atoms with Gasteiger partial charge in [-0.3, -0.25) is 0 Å². The van der Waals surface area contributed by atoms with E-state index in [0.717, 1.165) is 4.47 Å². The number of nitrogens with two attached hydrogens (primary N) is 1. The molecule has 14 heavy (non-hydrogen) atoms. The Labute approximate surface area is 92.1 Å². The number of hydrogen-bond acceptors (Lipinski definition) is 1. The zero-order chi connectivity index (χ0) is 10.1. The summed E-state index contributed by atoms with van der Waals surface area (Å²) in [5.41, 5.74) is 7.12. The van der Waals surface area contributed by atoms with Crippen molar-refractivity contribution in [1.82, 2.24) is 0 Å². The van der Waals surface area contributed by atoms with Gasteiger partial charge in [0.05, 0.1) is 0 Å². The van der Waals surface area contributed by atoms with Crippen molar-refractivity contribution in [3.05, 3.63) is 46.4 Å². The maximum atomic E-state index is 5.93. The van der Waals surface area contributed by atoms with Crippen molar-refractivity contribution < 1.29 is 0 Å². The van der Waals surface area contributed by atoms with E-state index in [1.54, 1.807) is 0 Å². The Balaban J connectivity index is 2.80. The van der Waals surface area contributed by atoms with E-state index in [9.17, 15) is 0 Å². The SMILES string of the molecule is C[C@@H](N)c1cc(Br)cc2ccccc12. The van der Waals surface area contributed by atoms with Crippen molar-refractivity contribution in [2.24, 2.45) is 5.73 Å². The highest BCUT2D eigenvalue weighted by atomic mass is 79.9. The van der Waals surface area contributed by atoms with Crippen LogP contribution in [0.3, 0.4) is 0 Å². The van der Waals surface area contributed by atoms with Crippen LogP contribution in [0.2, 0.25) is 0 Å². The molecule has 0 fully saturated rings. The molecular formula is C12H12BrN. The van der Waals surface area contributed by atoms with Gasteiger partial charge in [-0.25, -0.2) is 0 Å². The summed E-state index contributed by atoms with van der Waals surface area (Å²) in [5.74, 6) is 0. The minimum Gasteiger partial charge on any atom is -0.324 e. The molecule has 0 spiro atoms. The summed E-state index contributed by atoms with van der Waals surface area (Å²) in [6.45, 7) is 2.01. The molecule has 0 bridgehead atoms. The third-order valence-corrected chi connectivity index (χ3v) is 2.81. The summed E-state index contributed by atoms with van der Waals surface area (Å²) < 4.78 is 1.09. The molecule has 72 valence electrons. The molecule has 0 heterocycles. The number of halogens is 1. The van der Waals surface area contributed by atoms with E-state index in [1.807, 2.05) is 19.1 Å². The highest BCUT2D eigenvalue weighted by Crippen LogP contribution is 2.27. The lowest BCUT2D eigenvalue weighted by Crippen LogP contribution is -2.05. The first-order valence-electron chi connectivity index (χ1n) is 4.62. The summed E-state index contributed by atoms with van der Waals surface area (Å²) in [4.78, 5) is 0. The second kappa shape index (κ2) is 3.71. The lowest BCUT2D eigenvalue weighted by atomic mass is 10.0. The molecule has 1 atom stereocenters. The predicted molar refractivity (Wildman–Crippen MR) is 64.3 cm³/mol. The van der Waals surface area contributed by atoms with Crippen molar-refractivity contribution in [2.75, 3.05) is 0 Å². The van der Waals surface area contributed by atoms with Crippen LogP contribution in [0, 0.1) is 0 Å². The Kier molecular flexibility index (Phi) is 2.57. The highest BCUT2D eigenvalue weighted by molar-refractivity contribution is 9.10. The Morgan fingerprint density at radius 1 is 1.21 bits per heavy atom. The predicted octanol–water partition coefficient (Wildman–Crippen LogP) is 3.62. The van der Waals surface area contributed by atoms with Crippen LogP contribution in [0.15, 0.2) is 40.9 Å². The summed E-state index contributed by atoms with van der Waals surface area (Å²) in [6, 6.07) is 12.6. The van der Waals surface area contributed by atoms with E-state index in [2.05, 4.69) is 40.2 Å². The molecule has 2 heteroatoms. The van der Waals surface area contributed by atoms with Gasteiger partial charge in [0, 0.05) is 10.5 Å². The molecular weight excluding hydrogens is 238 g/mol. The fourth-order valence-corrected chi connectivity index (χ4v) is 2.17. The Hall–Kier alpha value is -0.860. The Bertz CT molecular complexity index is 463. The van der Waals surface area contributed by atoms with Crippen molar-refractivity contribution in [2.45, 2.75) is 13.0 Å². The minimum absolute atomic E-state index is 0.0670. The molecule has 0 radical (unpaired) electrons. The van der Waals surface area contributed by atoms with Crippen LogP contribution in [-0.4, -0.2) is 0 Å². The van der Waals surface area contributed by atoms with E-state index in [-0.39, 0.29) is 6.04 Å². The first-order valence-corrected chi connectivity index (χ1v) is 5.41. The second-order valence-corrected chi connectivity index (χ2v) is 4.42. The third kappa shape index (κ3) is 1.68. The van der Waals surface area contributed by atoms with Gasteiger partial charge in [0.1, 0.15) is 0 Å². The maximum absolute atomic E-state index is 5.93. The molecule has 2 N–H and O–H groups in total. The highest BCUT2D eigenvalue weighted by Gasteiger charge is 2.05. The molecule has 2 aromatic carbocycles. The van der Waals surface area contributed by atoms with Crippen molar-refractivity contribution >= 4 is 26.7 Å². The van der Waals surface area contributed by atoms with Crippen molar-refractivity contribution in [1.29, 1.82) is 0 Å². The van der Waals surface area contributed by atoms with Crippen molar-refractivity contribution in [3.8, 4) is 0 Å². The lowest BCUT2D eigenvalue weighted by Gasteiger charge is -2.10. The fraction of sp³-hybridized carbons (Fsp3) is 0.167. The number of benzene rings is 2. The van der Waals surface area contributed by atoms with Crippen LogP contribution in [0.1, 0.15) is 18.5 Å². The van der Waals surface area contributed by atoms with E-state index < -0.39 is 0 Å². The van der Waals surface area contributed by atoms with Crippen LogP contribution in [0.4, 0.5) is 0 Å². The van der Waals surface area contributed by atoms with Gasteiger partial charge < -0.3 is 5.73 Å². The average molecular weight is 250 g/mol. The molecule has 1 nitrogen and oxygen atoms in total.